The molecule has 0 radical (unpaired) electrons. The van der Waals surface area contributed by atoms with Gasteiger partial charge in [-0.05, 0) is 31.0 Å². The van der Waals surface area contributed by atoms with E-state index in [0.29, 0.717) is 12.2 Å². The Morgan fingerprint density at radius 2 is 2.14 bits per heavy atom. The molecule has 1 aromatic carbocycles. The van der Waals surface area contributed by atoms with Gasteiger partial charge in [0, 0.05) is 17.1 Å². The summed E-state index contributed by atoms with van der Waals surface area (Å²) in [6.07, 6.45) is 2.46. The molecule has 1 heterocycles. The van der Waals surface area contributed by atoms with Crippen molar-refractivity contribution >= 4 is 21.8 Å². The third-order valence-corrected chi connectivity index (χ3v) is 3.49. The van der Waals surface area contributed by atoms with E-state index in [-0.39, 0.29) is 18.5 Å². The summed E-state index contributed by atoms with van der Waals surface area (Å²) in [6, 6.07) is 8.12. The highest BCUT2D eigenvalue weighted by Gasteiger charge is 2.10. The van der Waals surface area contributed by atoms with Crippen molar-refractivity contribution in [3.63, 3.8) is 0 Å². The van der Waals surface area contributed by atoms with E-state index >= 15 is 0 Å². The fourth-order valence-corrected chi connectivity index (χ4v) is 2.27. The lowest BCUT2D eigenvalue weighted by molar-refractivity contribution is -0.122. The van der Waals surface area contributed by atoms with Crippen molar-refractivity contribution in [2.45, 2.75) is 32.5 Å². The number of nitrogens with two attached hydrogens (primary N) is 1. The maximum Gasteiger partial charge on any atom is 0.242 e. The van der Waals surface area contributed by atoms with Gasteiger partial charge >= 0.3 is 0 Å². The van der Waals surface area contributed by atoms with E-state index in [1.54, 1.807) is 6.20 Å². The molecule has 1 amide bonds. The number of carbonyl (C=O) groups is 1. The number of halogens is 1. The van der Waals surface area contributed by atoms with E-state index in [1.165, 1.54) is 10.2 Å². The van der Waals surface area contributed by atoms with Crippen LogP contribution in [0.25, 0.3) is 0 Å². The first-order chi connectivity index (χ1) is 10.1. The summed E-state index contributed by atoms with van der Waals surface area (Å²) in [5, 5.41) is 10.6. The zero-order valence-corrected chi connectivity index (χ0v) is 13.4. The SMILES string of the molecule is CC(Cc1ccc(Br)cc1)NC(=O)Cn1cc(CN)nn1. The molecule has 0 bridgehead atoms. The summed E-state index contributed by atoms with van der Waals surface area (Å²) >= 11 is 3.40. The highest BCUT2D eigenvalue weighted by Crippen LogP contribution is 2.11. The third-order valence-electron chi connectivity index (χ3n) is 2.96. The van der Waals surface area contributed by atoms with E-state index in [9.17, 15) is 4.79 Å². The van der Waals surface area contributed by atoms with Crippen LogP contribution in [0.5, 0.6) is 0 Å². The molecule has 2 rings (SSSR count). The molecule has 1 unspecified atom stereocenters. The monoisotopic (exact) mass is 351 g/mol. The van der Waals surface area contributed by atoms with Crippen molar-refractivity contribution in [1.29, 1.82) is 0 Å². The number of amides is 1. The fraction of sp³-hybridized carbons (Fsp3) is 0.357. The first-order valence-electron chi connectivity index (χ1n) is 6.69. The van der Waals surface area contributed by atoms with E-state index in [0.717, 1.165) is 10.9 Å². The highest BCUT2D eigenvalue weighted by molar-refractivity contribution is 9.10. The number of hydrogen-bond acceptors (Lipinski definition) is 4. The molecule has 0 aliphatic rings. The van der Waals surface area contributed by atoms with Gasteiger partial charge in [0.2, 0.25) is 5.91 Å². The Labute approximate surface area is 131 Å². The van der Waals surface area contributed by atoms with Crippen LogP contribution in [0.2, 0.25) is 0 Å². The molecule has 1 aromatic heterocycles. The van der Waals surface area contributed by atoms with Crippen LogP contribution < -0.4 is 11.1 Å². The normalized spacial score (nSPS) is 12.1. The molecule has 0 aliphatic carbocycles. The third kappa shape index (κ3) is 4.95. The van der Waals surface area contributed by atoms with Gasteiger partial charge in [0.1, 0.15) is 6.54 Å². The van der Waals surface area contributed by atoms with Gasteiger partial charge in [-0.2, -0.15) is 0 Å². The van der Waals surface area contributed by atoms with Crippen molar-refractivity contribution in [3.05, 3.63) is 46.2 Å². The molecular formula is C14H18BrN5O. The van der Waals surface area contributed by atoms with Crippen LogP contribution in [0.4, 0.5) is 0 Å². The van der Waals surface area contributed by atoms with Gasteiger partial charge in [-0.1, -0.05) is 33.3 Å². The van der Waals surface area contributed by atoms with E-state index in [1.807, 2.05) is 31.2 Å². The first-order valence-corrected chi connectivity index (χ1v) is 7.49. The Bertz CT molecular complexity index is 596. The van der Waals surface area contributed by atoms with Gasteiger partial charge < -0.3 is 11.1 Å². The highest BCUT2D eigenvalue weighted by atomic mass is 79.9. The molecular weight excluding hydrogens is 334 g/mol. The quantitative estimate of drug-likeness (QED) is 0.819. The lowest BCUT2D eigenvalue weighted by atomic mass is 10.1. The lowest BCUT2D eigenvalue weighted by Crippen LogP contribution is -2.36. The Morgan fingerprint density at radius 3 is 2.76 bits per heavy atom. The fourth-order valence-electron chi connectivity index (χ4n) is 2.00. The number of hydrogen-bond donors (Lipinski definition) is 2. The number of aromatic nitrogens is 3. The van der Waals surface area contributed by atoms with Crippen LogP contribution in [-0.2, 0) is 24.3 Å². The molecule has 7 heteroatoms. The number of carbonyl (C=O) groups excluding carboxylic acids is 1. The second kappa shape index (κ2) is 7.33. The summed E-state index contributed by atoms with van der Waals surface area (Å²) in [6.45, 7) is 2.45. The topological polar surface area (TPSA) is 85.8 Å². The number of nitrogens with one attached hydrogen (secondary N) is 1. The van der Waals surface area contributed by atoms with Gasteiger partial charge in [-0.3, -0.25) is 4.79 Å². The van der Waals surface area contributed by atoms with E-state index in [4.69, 9.17) is 5.73 Å². The minimum absolute atomic E-state index is 0.0520. The molecule has 112 valence electrons. The summed E-state index contributed by atoms with van der Waals surface area (Å²) < 4.78 is 2.54. The predicted molar refractivity (Wildman–Crippen MR) is 83.4 cm³/mol. The molecule has 1 atom stereocenters. The van der Waals surface area contributed by atoms with Crippen molar-refractivity contribution in [2.24, 2.45) is 5.73 Å². The van der Waals surface area contributed by atoms with Gasteiger partial charge in [0.25, 0.3) is 0 Å². The van der Waals surface area contributed by atoms with Gasteiger partial charge in [0.05, 0.1) is 11.9 Å². The minimum Gasteiger partial charge on any atom is -0.352 e. The van der Waals surface area contributed by atoms with Gasteiger partial charge in [0.15, 0.2) is 0 Å². The van der Waals surface area contributed by atoms with Crippen molar-refractivity contribution in [3.8, 4) is 0 Å². The summed E-state index contributed by atoms with van der Waals surface area (Å²) in [5.74, 6) is -0.0897. The van der Waals surface area contributed by atoms with Crippen LogP contribution in [0.1, 0.15) is 18.2 Å². The minimum atomic E-state index is -0.0897. The van der Waals surface area contributed by atoms with Crippen LogP contribution in [0.15, 0.2) is 34.9 Å². The van der Waals surface area contributed by atoms with E-state index in [2.05, 4.69) is 31.6 Å². The first kappa shape index (κ1) is 15.7. The Morgan fingerprint density at radius 1 is 1.43 bits per heavy atom. The van der Waals surface area contributed by atoms with Gasteiger partial charge in [-0.25, -0.2) is 4.68 Å². The molecule has 0 fully saturated rings. The summed E-state index contributed by atoms with van der Waals surface area (Å²) in [5.41, 5.74) is 7.30. The molecule has 21 heavy (non-hydrogen) atoms. The largest absolute Gasteiger partial charge is 0.352 e. The molecule has 2 aromatic rings. The molecule has 0 saturated carbocycles. The average Bonchev–Trinajstić information content (AvgIpc) is 2.88. The van der Waals surface area contributed by atoms with Crippen LogP contribution >= 0.6 is 15.9 Å². The molecule has 3 N–H and O–H groups in total. The van der Waals surface area contributed by atoms with Crippen LogP contribution in [0.3, 0.4) is 0 Å². The Balaban J connectivity index is 1.82. The summed E-state index contributed by atoms with van der Waals surface area (Å²) in [7, 11) is 0. The maximum absolute atomic E-state index is 11.9. The smallest absolute Gasteiger partial charge is 0.242 e. The molecule has 0 spiro atoms. The van der Waals surface area contributed by atoms with E-state index < -0.39 is 0 Å². The predicted octanol–water partition coefficient (Wildman–Crippen LogP) is 1.25. The maximum atomic E-state index is 11.9. The lowest BCUT2D eigenvalue weighted by Gasteiger charge is -2.14. The van der Waals surface area contributed by atoms with Crippen LogP contribution in [0, 0.1) is 0 Å². The molecule has 0 saturated heterocycles. The van der Waals surface area contributed by atoms with Crippen molar-refractivity contribution in [1.82, 2.24) is 20.3 Å². The Hall–Kier alpha value is -1.73. The number of rotatable bonds is 6. The second-order valence-corrected chi connectivity index (χ2v) is 5.83. The average molecular weight is 352 g/mol. The Kier molecular flexibility index (Phi) is 5.46. The summed E-state index contributed by atoms with van der Waals surface area (Å²) in [4.78, 5) is 11.9. The molecule has 6 nitrogen and oxygen atoms in total. The standard InChI is InChI=1S/C14H18BrN5O/c1-10(6-11-2-4-12(15)5-3-11)17-14(21)9-20-8-13(7-16)18-19-20/h2-5,8,10H,6-7,9,16H2,1H3,(H,17,21). The van der Waals surface area contributed by atoms with Crippen molar-refractivity contribution < 1.29 is 4.79 Å². The zero-order valence-electron chi connectivity index (χ0n) is 11.8. The number of nitrogens with zero attached hydrogens (tertiary/aromatic N) is 3. The number of benzene rings is 1. The zero-order chi connectivity index (χ0) is 15.2. The van der Waals surface area contributed by atoms with Gasteiger partial charge in [-0.15, -0.1) is 5.10 Å². The molecule has 0 aliphatic heterocycles. The van der Waals surface area contributed by atoms with Crippen LogP contribution in [-0.4, -0.2) is 26.9 Å². The second-order valence-electron chi connectivity index (χ2n) is 4.91. The van der Waals surface area contributed by atoms with Crippen molar-refractivity contribution in [2.75, 3.05) is 0 Å².